The molecule has 0 aromatic rings. The van der Waals surface area contributed by atoms with Crippen molar-refractivity contribution in [2.45, 2.75) is 105 Å². The second-order valence-corrected chi connectivity index (χ2v) is 9.90. The number of hydrogen-bond acceptors (Lipinski definition) is 2. The van der Waals surface area contributed by atoms with Crippen LogP contribution in [0.25, 0.3) is 0 Å². The van der Waals surface area contributed by atoms with Gasteiger partial charge in [-0.2, -0.15) is 0 Å². The Balaban J connectivity index is 2.24. The predicted octanol–water partition coefficient (Wildman–Crippen LogP) is 5.87. The molecule has 150 valence electrons. The highest BCUT2D eigenvalue weighted by molar-refractivity contribution is 4.82. The van der Waals surface area contributed by atoms with Gasteiger partial charge in [-0.15, -0.1) is 0 Å². The molecule has 2 atom stereocenters. The largest absolute Gasteiger partial charge is 0.314 e. The highest BCUT2D eigenvalue weighted by Gasteiger charge is 2.23. The minimum atomic E-state index is 0.754. The van der Waals surface area contributed by atoms with Crippen LogP contribution in [0.5, 0.6) is 0 Å². The molecule has 0 spiro atoms. The van der Waals surface area contributed by atoms with Crippen LogP contribution in [0.4, 0.5) is 0 Å². The van der Waals surface area contributed by atoms with E-state index in [4.69, 9.17) is 0 Å². The summed E-state index contributed by atoms with van der Waals surface area (Å²) in [4.78, 5) is 0. The maximum absolute atomic E-state index is 3.90. The number of nitrogens with one attached hydrogen (secondary N) is 2. The zero-order chi connectivity index (χ0) is 18.8. The lowest BCUT2D eigenvalue weighted by Crippen LogP contribution is -2.43. The van der Waals surface area contributed by atoms with E-state index >= 15 is 0 Å². The second-order valence-electron chi connectivity index (χ2n) is 9.90. The third kappa shape index (κ3) is 9.99. The van der Waals surface area contributed by atoms with Gasteiger partial charge in [-0.3, -0.25) is 0 Å². The van der Waals surface area contributed by atoms with Crippen molar-refractivity contribution < 1.29 is 0 Å². The van der Waals surface area contributed by atoms with E-state index in [1.165, 1.54) is 58.0 Å². The molecule has 1 aliphatic rings. The normalized spacial score (nSPS) is 24.2. The first-order chi connectivity index (χ1) is 11.8. The van der Waals surface area contributed by atoms with Crippen LogP contribution < -0.4 is 10.6 Å². The van der Waals surface area contributed by atoms with E-state index in [0.29, 0.717) is 0 Å². The summed E-state index contributed by atoms with van der Waals surface area (Å²) >= 11 is 0. The molecular weight excluding hydrogens is 304 g/mol. The van der Waals surface area contributed by atoms with E-state index in [9.17, 15) is 0 Å². The Morgan fingerprint density at radius 2 is 1.20 bits per heavy atom. The Morgan fingerprint density at radius 1 is 0.720 bits per heavy atom. The fraction of sp³-hybridized carbons (Fsp3) is 1.00. The SMILES string of the molecule is CCC(CNC1CCC(NCC(CC(C)C)C(C)C)CC1)CC(C)C. The van der Waals surface area contributed by atoms with Crippen molar-refractivity contribution >= 4 is 0 Å². The Bertz CT molecular complexity index is 316. The molecule has 0 aliphatic heterocycles. The lowest BCUT2D eigenvalue weighted by molar-refractivity contribution is 0.251. The van der Waals surface area contributed by atoms with E-state index < -0.39 is 0 Å². The minimum absolute atomic E-state index is 0.754. The molecule has 0 amide bonds. The van der Waals surface area contributed by atoms with Gasteiger partial charge in [0.1, 0.15) is 0 Å². The standard InChI is InChI=1S/C23H48N2/c1-8-20(13-17(2)3)15-24-22-9-11-23(12-10-22)25-16-21(19(6)7)14-18(4)5/h17-25H,8-16H2,1-7H3. The second kappa shape index (κ2) is 12.3. The lowest BCUT2D eigenvalue weighted by Gasteiger charge is -2.33. The van der Waals surface area contributed by atoms with Gasteiger partial charge in [0.2, 0.25) is 0 Å². The first kappa shape index (κ1) is 23.0. The van der Waals surface area contributed by atoms with Gasteiger partial charge in [0.05, 0.1) is 0 Å². The van der Waals surface area contributed by atoms with Gasteiger partial charge in [-0.1, -0.05) is 54.9 Å². The van der Waals surface area contributed by atoms with Crippen molar-refractivity contribution in [1.29, 1.82) is 0 Å². The average Bonchev–Trinajstić information content (AvgIpc) is 2.55. The molecule has 25 heavy (non-hydrogen) atoms. The van der Waals surface area contributed by atoms with Gasteiger partial charge >= 0.3 is 0 Å². The van der Waals surface area contributed by atoms with Crippen LogP contribution in [-0.2, 0) is 0 Å². The van der Waals surface area contributed by atoms with E-state index in [-0.39, 0.29) is 0 Å². The van der Waals surface area contributed by atoms with Crippen molar-refractivity contribution in [3.05, 3.63) is 0 Å². The maximum atomic E-state index is 3.90. The van der Waals surface area contributed by atoms with Crippen LogP contribution in [0.1, 0.15) is 93.4 Å². The number of rotatable bonds is 12. The Kier molecular flexibility index (Phi) is 11.3. The lowest BCUT2D eigenvalue weighted by atomic mass is 9.86. The first-order valence-corrected chi connectivity index (χ1v) is 11.3. The molecule has 2 nitrogen and oxygen atoms in total. The van der Waals surface area contributed by atoms with Gasteiger partial charge in [-0.05, 0) is 81.2 Å². The van der Waals surface area contributed by atoms with Gasteiger partial charge < -0.3 is 10.6 Å². The fourth-order valence-corrected chi connectivity index (χ4v) is 4.41. The molecule has 0 heterocycles. The minimum Gasteiger partial charge on any atom is -0.314 e. The van der Waals surface area contributed by atoms with E-state index in [1.54, 1.807) is 0 Å². The van der Waals surface area contributed by atoms with Crippen LogP contribution in [0.2, 0.25) is 0 Å². The molecule has 0 bridgehead atoms. The van der Waals surface area contributed by atoms with Crippen molar-refractivity contribution in [2.75, 3.05) is 13.1 Å². The molecule has 1 fully saturated rings. The molecule has 1 aliphatic carbocycles. The number of hydrogen-bond donors (Lipinski definition) is 2. The molecule has 1 rings (SSSR count). The third-order valence-electron chi connectivity index (χ3n) is 6.19. The van der Waals surface area contributed by atoms with Crippen molar-refractivity contribution in [2.24, 2.45) is 29.6 Å². The van der Waals surface area contributed by atoms with Crippen molar-refractivity contribution in [3.8, 4) is 0 Å². The topological polar surface area (TPSA) is 24.1 Å². The fourth-order valence-electron chi connectivity index (χ4n) is 4.41. The zero-order valence-corrected chi connectivity index (χ0v) is 18.4. The molecule has 2 unspecified atom stereocenters. The summed E-state index contributed by atoms with van der Waals surface area (Å²) in [6, 6.07) is 1.51. The Hall–Kier alpha value is -0.0800. The first-order valence-electron chi connectivity index (χ1n) is 11.3. The molecule has 0 aromatic heterocycles. The summed E-state index contributed by atoms with van der Waals surface area (Å²) in [7, 11) is 0. The molecule has 0 radical (unpaired) electrons. The monoisotopic (exact) mass is 352 g/mol. The van der Waals surface area contributed by atoms with Gasteiger partial charge in [0.15, 0.2) is 0 Å². The third-order valence-corrected chi connectivity index (χ3v) is 6.19. The molecule has 2 N–H and O–H groups in total. The van der Waals surface area contributed by atoms with Crippen molar-refractivity contribution in [3.63, 3.8) is 0 Å². The smallest absolute Gasteiger partial charge is 0.00683 e. The maximum Gasteiger partial charge on any atom is 0.00683 e. The van der Waals surface area contributed by atoms with E-state index in [2.05, 4.69) is 59.1 Å². The van der Waals surface area contributed by atoms with Gasteiger partial charge in [-0.25, -0.2) is 0 Å². The van der Waals surface area contributed by atoms with E-state index in [1.807, 2.05) is 0 Å². The molecule has 0 aromatic carbocycles. The Labute approximate surface area is 159 Å². The molecule has 1 saturated carbocycles. The van der Waals surface area contributed by atoms with Crippen LogP contribution in [0.3, 0.4) is 0 Å². The van der Waals surface area contributed by atoms with Crippen molar-refractivity contribution in [1.82, 2.24) is 10.6 Å². The van der Waals surface area contributed by atoms with Gasteiger partial charge in [0.25, 0.3) is 0 Å². The summed E-state index contributed by atoms with van der Waals surface area (Å²) in [6.07, 6.45) is 9.45. The molecular formula is C23H48N2. The zero-order valence-electron chi connectivity index (χ0n) is 18.4. The van der Waals surface area contributed by atoms with Crippen LogP contribution in [-0.4, -0.2) is 25.2 Å². The molecule has 2 heteroatoms. The Morgan fingerprint density at radius 3 is 1.60 bits per heavy atom. The average molecular weight is 353 g/mol. The molecule has 0 saturated heterocycles. The van der Waals surface area contributed by atoms with E-state index in [0.717, 1.165) is 41.7 Å². The summed E-state index contributed by atoms with van der Waals surface area (Å²) in [6.45, 7) is 19.0. The van der Waals surface area contributed by atoms with Gasteiger partial charge in [0, 0.05) is 12.1 Å². The van der Waals surface area contributed by atoms with Crippen LogP contribution in [0, 0.1) is 29.6 Å². The predicted molar refractivity (Wildman–Crippen MR) is 113 cm³/mol. The highest BCUT2D eigenvalue weighted by Crippen LogP contribution is 2.23. The van der Waals surface area contributed by atoms with Crippen LogP contribution in [0.15, 0.2) is 0 Å². The highest BCUT2D eigenvalue weighted by atomic mass is 14.9. The summed E-state index contributed by atoms with van der Waals surface area (Å²) in [5, 5.41) is 7.78. The summed E-state index contributed by atoms with van der Waals surface area (Å²) < 4.78 is 0. The van der Waals surface area contributed by atoms with Crippen LogP contribution >= 0.6 is 0 Å². The summed E-state index contributed by atoms with van der Waals surface area (Å²) in [5.41, 5.74) is 0. The summed E-state index contributed by atoms with van der Waals surface area (Å²) in [5.74, 6) is 4.12. The quantitative estimate of drug-likeness (QED) is 0.459.